The van der Waals surface area contributed by atoms with E-state index in [-0.39, 0.29) is 12.1 Å². The number of hydrogen-bond donors (Lipinski definition) is 1. The molecule has 0 fully saturated rings. The van der Waals surface area contributed by atoms with Crippen molar-refractivity contribution in [2.75, 3.05) is 12.8 Å². The van der Waals surface area contributed by atoms with Crippen molar-refractivity contribution >= 4 is 16.5 Å². The maximum absolute atomic E-state index is 12.9. The highest BCUT2D eigenvalue weighted by Crippen LogP contribution is 2.32. The summed E-state index contributed by atoms with van der Waals surface area (Å²) in [5, 5.41) is 0.462. The fraction of sp³-hybridized carbons (Fsp3) is 0.308. The van der Waals surface area contributed by atoms with Gasteiger partial charge in [0.2, 0.25) is 0 Å². The van der Waals surface area contributed by atoms with Crippen LogP contribution in [-0.2, 0) is 19.3 Å². The molecule has 0 unspecified atom stereocenters. The van der Waals surface area contributed by atoms with E-state index >= 15 is 0 Å². The second-order valence-corrected chi connectivity index (χ2v) is 5.64. The van der Waals surface area contributed by atoms with E-state index in [9.17, 15) is 13.2 Å². The van der Waals surface area contributed by atoms with Crippen LogP contribution in [-0.4, -0.2) is 16.9 Å². The molecule has 0 aliphatic carbocycles. The summed E-state index contributed by atoms with van der Waals surface area (Å²) in [4.78, 5) is 6.65. The van der Waals surface area contributed by atoms with E-state index in [4.69, 9.17) is 5.73 Å². The average Bonchev–Trinajstić information content (AvgIpc) is 2.73. The number of halogens is 3. The van der Waals surface area contributed by atoms with Gasteiger partial charge in [-0.05, 0) is 18.7 Å². The zero-order chi connectivity index (χ0) is 14.8. The lowest BCUT2D eigenvalue weighted by molar-refractivity contribution is -0.138. The van der Waals surface area contributed by atoms with Crippen molar-refractivity contribution < 1.29 is 13.2 Å². The fourth-order valence-electron chi connectivity index (χ4n) is 1.94. The second-order valence-electron chi connectivity index (χ2n) is 4.49. The molecule has 2 aromatic rings. The Kier molecular flexibility index (Phi) is 4.29. The van der Waals surface area contributed by atoms with Crippen LogP contribution in [0.3, 0.4) is 0 Å². The molecule has 0 aliphatic heterocycles. The van der Waals surface area contributed by atoms with Crippen LogP contribution in [0.4, 0.5) is 18.3 Å². The van der Waals surface area contributed by atoms with Gasteiger partial charge in [0.1, 0.15) is 0 Å². The Morgan fingerprint density at radius 3 is 2.55 bits per heavy atom. The van der Waals surface area contributed by atoms with Crippen LogP contribution in [0.2, 0.25) is 0 Å². The van der Waals surface area contributed by atoms with Crippen molar-refractivity contribution in [3.05, 3.63) is 46.5 Å². The summed E-state index contributed by atoms with van der Waals surface area (Å²) in [6, 6.07) is 5.62. The zero-order valence-electron chi connectivity index (χ0n) is 10.8. The van der Waals surface area contributed by atoms with Crippen molar-refractivity contribution in [1.29, 1.82) is 0 Å². The first-order valence-electron chi connectivity index (χ1n) is 5.90. The smallest absolute Gasteiger partial charge is 0.375 e. The number of hydrogen-bond acceptors (Lipinski definition) is 4. The Balaban J connectivity index is 2.10. The predicted octanol–water partition coefficient (Wildman–Crippen LogP) is 3.38. The molecule has 1 aromatic carbocycles. The molecule has 0 spiro atoms. The van der Waals surface area contributed by atoms with E-state index in [2.05, 4.69) is 4.98 Å². The molecule has 0 saturated heterocycles. The van der Waals surface area contributed by atoms with Gasteiger partial charge in [0.15, 0.2) is 5.13 Å². The summed E-state index contributed by atoms with van der Waals surface area (Å²) in [6.45, 7) is 0.731. The molecule has 0 radical (unpaired) electrons. The number of alkyl halides is 3. The van der Waals surface area contributed by atoms with Crippen molar-refractivity contribution in [3.63, 3.8) is 0 Å². The molecule has 108 valence electrons. The van der Waals surface area contributed by atoms with E-state index in [0.717, 1.165) is 10.9 Å². The van der Waals surface area contributed by atoms with Gasteiger partial charge in [-0.2, -0.15) is 13.2 Å². The Morgan fingerprint density at radius 2 is 1.95 bits per heavy atom. The van der Waals surface area contributed by atoms with Gasteiger partial charge < -0.3 is 5.73 Å². The number of benzene rings is 1. The first kappa shape index (κ1) is 14.8. The summed E-state index contributed by atoms with van der Waals surface area (Å²) < 4.78 is 38.7. The second kappa shape index (κ2) is 5.80. The summed E-state index contributed by atoms with van der Waals surface area (Å²) in [5.41, 5.74) is 5.20. The van der Waals surface area contributed by atoms with Crippen molar-refractivity contribution in [2.24, 2.45) is 0 Å². The third-order valence-corrected chi connectivity index (χ3v) is 3.57. The SMILES string of the molecule is CN(Cc1cnc(N)s1)Cc1ccccc1C(F)(F)F. The average molecular weight is 301 g/mol. The Labute approximate surface area is 118 Å². The van der Waals surface area contributed by atoms with Crippen LogP contribution >= 0.6 is 11.3 Å². The molecule has 0 saturated carbocycles. The van der Waals surface area contributed by atoms with Gasteiger partial charge in [-0.3, -0.25) is 4.90 Å². The van der Waals surface area contributed by atoms with E-state index in [1.165, 1.54) is 23.5 Å². The Bertz CT molecular complexity index is 580. The number of anilines is 1. The van der Waals surface area contributed by atoms with Crippen LogP contribution in [0.1, 0.15) is 16.0 Å². The minimum Gasteiger partial charge on any atom is -0.375 e. The van der Waals surface area contributed by atoms with Crippen molar-refractivity contribution in [3.8, 4) is 0 Å². The van der Waals surface area contributed by atoms with Gasteiger partial charge >= 0.3 is 6.18 Å². The van der Waals surface area contributed by atoms with Crippen LogP contribution < -0.4 is 5.73 Å². The highest BCUT2D eigenvalue weighted by molar-refractivity contribution is 7.15. The minimum absolute atomic E-state index is 0.216. The highest BCUT2D eigenvalue weighted by Gasteiger charge is 2.32. The molecule has 20 heavy (non-hydrogen) atoms. The Hall–Kier alpha value is -1.60. The van der Waals surface area contributed by atoms with E-state index < -0.39 is 11.7 Å². The molecular formula is C13H14F3N3S. The van der Waals surface area contributed by atoms with Gasteiger partial charge in [0.05, 0.1) is 5.56 Å². The number of aromatic nitrogens is 1. The predicted molar refractivity (Wildman–Crippen MR) is 73.1 cm³/mol. The number of nitrogens with zero attached hydrogens (tertiary/aromatic N) is 2. The monoisotopic (exact) mass is 301 g/mol. The first-order chi connectivity index (χ1) is 9.36. The molecule has 1 aromatic heterocycles. The number of rotatable bonds is 4. The topological polar surface area (TPSA) is 42.2 Å². The summed E-state index contributed by atoms with van der Waals surface area (Å²) >= 11 is 1.34. The standard InChI is InChI=1S/C13H14F3N3S/c1-19(8-10-6-18-12(17)20-10)7-9-4-2-3-5-11(9)13(14,15)16/h2-6H,7-8H2,1H3,(H2,17,18). The van der Waals surface area contributed by atoms with E-state index in [0.29, 0.717) is 11.7 Å². The molecule has 2 rings (SSSR count). The lowest BCUT2D eigenvalue weighted by Crippen LogP contribution is -2.19. The maximum atomic E-state index is 12.9. The third kappa shape index (κ3) is 3.71. The lowest BCUT2D eigenvalue weighted by Gasteiger charge is -2.19. The van der Waals surface area contributed by atoms with E-state index in [1.54, 1.807) is 24.2 Å². The van der Waals surface area contributed by atoms with Crippen molar-refractivity contribution in [1.82, 2.24) is 9.88 Å². The van der Waals surface area contributed by atoms with Crippen molar-refractivity contribution in [2.45, 2.75) is 19.3 Å². The molecule has 3 nitrogen and oxygen atoms in total. The largest absolute Gasteiger partial charge is 0.416 e. The Morgan fingerprint density at radius 1 is 1.25 bits per heavy atom. The maximum Gasteiger partial charge on any atom is 0.416 e. The summed E-state index contributed by atoms with van der Waals surface area (Å²) in [5.74, 6) is 0. The highest BCUT2D eigenvalue weighted by atomic mass is 32.1. The quantitative estimate of drug-likeness (QED) is 0.941. The number of nitrogen functional groups attached to an aromatic ring is 1. The van der Waals surface area contributed by atoms with Gasteiger partial charge in [-0.25, -0.2) is 4.98 Å². The van der Waals surface area contributed by atoms with Gasteiger partial charge in [-0.15, -0.1) is 11.3 Å². The van der Waals surface area contributed by atoms with Crippen LogP contribution in [0.15, 0.2) is 30.5 Å². The van der Waals surface area contributed by atoms with Gasteiger partial charge in [-0.1, -0.05) is 18.2 Å². The zero-order valence-corrected chi connectivity index (χ0v) is 11.6. The molecule has 2 N–H and O–H groups in total. The first-order valence-corrected chi connectivity index (χ1v) is 6.71. The normalized spacial score (nSPS) is 12.1. The molecule has 0 aliphatic rings. The molecule has 1 heterocycles. The van der Waals surface area contributed by atoms with Crippen LogP contribution in [0.5, 0.6) is 0 Å². The number of thiazole rings is 1. The molecular weight excluding hydrogens is 287 g/mol. The molecule has 7 heteroatoms. The lowest BCUT2D eigenvalue weighted by atomic mass is 10.1. The van der Waals surface area contributed by atoms with Crippen LogP contribution in [0, 0.1) is 0 Å². The fourth-order valence-corrected chi connectivity index (χ4v) is 2.71. The summed E-state index contributed by atoms with van der Waals surface area (Å²) in [7, 11) is 1.77. The van der Waals surface area contributed by atoms with Crippen LogP contribution in [0.25, 0.3) is 0 Å². The minimum atomic E-state index is -4.33. The molecule has 0 atom stereocenters. The third-order valence-electron chi connectivity index (χ3n) is 2.76. The molecule has 0 bridgehead atoms. The number of nitrogens with two attached hydrogens (primary N) is 1. The molecule has 0 amide bonds. The van der Waals surface area contributed by atoms with Gasteiger partial charge in [0, 0.05) is 24.2 Å². The summed E-state index contributed by atoms with van der Waals surface area (Å²) in [6.07, 6.45) is -2.68. The van der Waals surface area contributed by atoms with Gasteiger partial charge in [0.25, 0.3) is 0 Å². The van der Waals surface area contributed by atoms with E-state index in [1.807, 2.05) is 0 Å².